The van der Waals surface area contributed by atoms with Crippen LogP contribution in [0.5, 0.6) is 0 Å². The predicted molar refractivity (Wildman–Crippen MR) is 60.1 cm³/mol. The van der Waals surface area contributed by atoms with Crippen molar-refractivity contribution in [2.24, 2.45) is 11.8 Å². The van der Waals surface area contributed by atoms with Gasteiger partial charge in [0.15, 0.2) is 0 Å². The first-order chi connectivity index (χ1) is 6.78. The molecule has 0 N–H and O–H groups in total. The Morgan fingerprint density at radius 3 is 2.20 bits per heavy atom. The molecule has 0 rings (SSSR count). The third-order valence-corrected chi connectivity index (χ3v) is 2.69. The number of quaternary nitrogens is 1. The molecule has 0 aliphatic heterocycles. The number of carbonyl (C=O) groups excluding carboxylic acids is 1. The summed E-state index contributed by atoms with van der Waals surface area (Å²) in [5.74, 6) is -0.992. The Morgan fingerprint density at radius 2 is 1.87 bits per heavy atom. The highest BCUT2D eigenvalue weighted by atomic mass is 16.4. The van der Waals surface area contributed by atoms with E-state index in [1.165, 1.54) is 0 Å². The Morgan fingerprint density at radius 1 is 1.33 bits per heavy atom. The molecule has 0 fully saturated rings. The first-order valence-corrected chi connectivity index (χ1v) is 5.79. The van der Waals surface area contributed by atoms with E-state index >= 15 is 0 Å². The number of hydrogen-bond acceptors (Lipinski definition) is 2. The first-order valence-electron chi connectivity index (χ1n) is 5.79. The molecule has 0 radical (unpaired) electrons. The van der Waals surface area contributed by atoms with E-state index in [4.69, 9.17) is 0 Å². The molecule has 0 spiro atoms. The molecule has 0 aromatic heterocycles. The molecule has 0 aliphatic carbocycles. The van der Waals surface area contributed by atoms with Gasteiger partial charge in [0.25, 0.3) is 0 Å². The van der Waals surface area contributed by atoms with Gasteiger partial charge in [-0.05, 0) is 6.42 Å². The lowest BCUT2D eigenvalue weighted by molar-refractivity contribution is -0.874. The van der Waals surface area contributed by atoms with Crippen molar-refractivity contribution in [2.75, 3.05) is 27.7 Å². The molecule has 0 amide bonds. The molecule has 0 aliphatic rings. The zero-order chi connectivity index (χ0) is 12.1. The largest absolute Gasteiger partial charge is 0.550 e. The maximum atomic E-state index is 11.0. The second kappa shape index (κ2) is 6.11. The summed E-state index contributed by atoms with van der Waals surface area (Å²) in [5, 5.41) is 11.0. The summed E-state index contributed by atoms with van der Waals surface area (Å²) < 4.78 is 0.803. The van der Waals surface area contributed by atoms with E-state index in [-0.39, 0.29) is 11.8 Å². The smallest absolute Gasteiger partial charge is 0.0812 e. The molecule has 0 aromatic rings. The molecule has 0 saturated heterocycles. The van der Waals surface area contributed by atoms with Crippen LogP contribution in [0.4, 0.5) is 0 Å². The summed E-state index contributed by atoms with van der Waals surface area (Å²) in [7, 11) is 6.26. The fourth-order valence-electron chi connectivity index (χ4n) is 2.05. The average Bonchev–Trinajstić information content (AvgIpc) is 2.00. The van der Waals surface area contributed by atoms with Crippen LogP contribution in [0, 0.1) is 11.8 Å². The molecule has 3 heteroatoms. The lowest BCUT2D eigenvalue weighted by Gasteiger charge is -2.32. The van der Waals surface area contributed by atoms with Gasteiger partial charge in [-0.25, -0.2) is 0 Å². The zero-order valence-corrected chi connectivity index (χ0v) is 10.7. The van der Waals surface area contributed by atoms with E-state index in [0.29, 0.717) is 0 Å². The second-order valence-corrected chi connectivity index (χ2v) is 5.52. The molecule has 0 bridgehead atoms. The molecule has 2 unspecified atom stereocenters. The van der Waals surface area contributed by atoms with Gasteiger partial charge in [-0.1, -0.05) is 26.7 Å². The third-order valence-electron chi connectivity index (χ3n) is 2.69. The van der Waals surface area contributed by atoms with Crippen LogP contribution in [0.2, 0.25) is 0 Å². The van der Waals surface area contributed by atoms with Crippen molar-refractivity contribution in [2.45, 2.75) is 33.1 Å². The van der Waals surface area contributed by atoms with Crippen LogP contribution in [-0.4, -0.2) is 38.1 Å². The molecule has 2 atom stereocenters. The van der Waals surface area contributed by atoms with Gasteiger partial charge in [-0.3, -0.25) is 0 Å². The molecular weight excluding hydrogens is 190 g/mol. The minimum Gasteiger partial charge on any atom is -0.550 e. The maximum absolute atomic E-state index is 11.0. The number of carbonyl (C=O) groups is 1. The Labute approximate surface area is 93.7 Å². The van der Waals surface area contributed by atoms with Gasteiger partial charge in [0, 0.05) is 17.8 Å². The Bertz CT molecular complexity index is 196. The molecular formula is C12H25NO2. The Balaban J connectivity index is 4.29. The molecule has 15 heavy (non-hydrogen) atoms. The van der Waals surface area contributed by atoms with E-state index < -0.39 is 5.97 Å². The quantitative estimate of drug-likeness (QED) is 0.592. The zero-order valence-electron chi connectivity index (χ0n) is 10.7. The summed E-state index contributed by atoms with van der Waals surface area (Å²) in [4.78, 5) is 11.0. The highest BCUT2D eigenvalue weighted by Crippen LogP contribution is 2.20. The minimum atomic E-state index is -0.885. The van der Waals surface area contributed by atoms with Gasteiger partial charge >= 0.3 is 0 Å². The SMILES string of the molecule is CCCCC(C(=O)[O-])C(C)C[N+](C)(C)C. The van der Waals surface area contributed by atoms with Crippen molar-refractivity contribution in [3.8, 4) is 0 Å². The topological polar surface area (TPSA) is 40.1 Å². The molecule has 0 aromatic carbocycles. The standard InChI is InChI=1S/C12H25NO2/c1-6-7-8-11(12(14)15)10(2)9-13(3,4)5/h10-11H,6-9H2,1-5H3. The predicted octanol–water partition coefficient (Wildman–Crippen LogP) is 0.885. The van der Waals surface area contributed by atoms with Crippen molar-refractivity contribution in [3.05, 3.63) is 0 Å². The highest BCUT2D eigenvalue weighted by Gasteiger charge is 2.23. The molecule has 3 nitrogen and oxygen atoms in total. The molecule has 0 saturated carbocycles. The van der Waals surface area contributed by atoms with Crippen LogP contribution in [0.3, 0.4) is 0 Å². The number of aliphatic carboxylic acids is 1. The second-order valence-electron chi connectivity index (χ2n) is 5.52. The number of carboxylic acids is 1. The van der Waals surface area contributed by atoms with E-state index in [0.717, 1.165) is 30.3 Å². The van der Waals surface area contributed by atoms with Crippen LogP contribution in [0.1, 0.15) is 33.1 Å². The summed E-state index contributed by atoms with van der Waals surface area (Å²) in [6.07, 6.45) is 2.76. The van der Waals surface area contributed by atoms with Crippen molar-refractivity contribution in [3.63, 3.8) is 0 Å². The monoisotopic (exact) mass is 215 g/mol. The minimum absolute atomic E-state index is 0.182. The van der Waals surface area contributed by atoms with Gasteiger partial charge < -0.3 is 14.4 Å². The lowest BCUT2D eigenvalue weighted by atomic mass is 9.88. The van der Waals surface area contributed by atoms with Crippen LogP contribution in [0.25, 0.3) is 0 Å². The van der Waals surface area contributed by atoms with Gasteiger partial charge in [-0.15, -0.1) is 0 Å². The van der Waals surface area contributed by atoms with Gasteiger partial charge in [-0.2, -0.15) is 0 Å². The fourth-order valence-corrected chi connectivity index (χ4v) is 2.05. The van der Waals surface area contributed by atoms with Crippen molar-refractivity contribution < 1.29 is 14.4 Å². The number of nitrogens with zero attached hydrogens (tertiary/aromatic N) is 1. The Kier molecular flexibility index (Phi) is 5.88. The van der Waals surface area contributed by atoms with Crippen LogP contribution >= 0.6 is 0 Å². The van der Waals surface area contributed by atoms with Crippen molar-refractivity contribution in [1.82, 2.24) is 0 Å². The summed E-state index contributed by atoms with van der Waals surface area (Å²) in [5.41, 5.74) is 0. The lowest BCUT2D eigenvalue weighted by Crippen LogP contribution is -2.44. The third kappa shape index (κ3) is 6.50. The van der Waals surface area contributed by atoms with E-state index in [1.54, 1.807) is 0 Å². The van der Waals surface area contributed by atoms with Crippen LogP contribution < -0.4 is 5.11 Å². The molecule has 90 valence electrons. The van der Waals surface area contributed by atoms with Gasteiger partial charge in [0.1, 0.15) is 0 Å². The summed E-state index contributed by atoms with van der Waals surface area (Å²) in [6, 6.07) is 0. The van der Waals surface area contributed by atoms with E-state index in [1.807, 2.05) is 6.92 Å². The number of carboxylic acid groups (broad SMARTS) is 1. The number of hydrogen-bond donors (Lipinski definition) is 0. The van der Waals surface area contributed by atoms with Crippen molar-refractivity contribution >= 4 is 5.97 Å². The average molecular weight is 215 g/mol. The highest BCUT2D eigenvalue weighted by molar-refractivity contribution is 5.67. The summed E-state index contributed by atoms with van der Waals surface area (Å²) in [6.45, 7) is 4.97. The first kappa shape index (κ1) is 14.4. The fraction of sp³-hybridized carbons (Fsp3) is 0.917. The number of rotatable bonds is 7. The summed E-state index contributed by atoms with van der Waals surface area (Å²) >= 11 is 0. The molecule has 0 heterocycles. The van der Waals surface area contributed by atoms with E-state index in [9.17, 15) is 9.90 Å². The van der Waals surface area contributed by atoms with Crippen LogP contribution in [0.15, 0.2) is 0 Å². The number of unbranched alkanes of at least 4 members (excludes halogenated alkanes) is 1. The van der Waals surface area contributed by atoms with Crippen LogP contribution in [-0.2, 0) is 4.79 Å². The normalized spacial score (nSPS) is 16.1. The Hall–Kier alpha value is -0.570. The van der Waals surface area contributed by atoms with Gasteiger partial charge in [0.2, 0.25) is 0 Å². The maximum Gasteiger partial charge on any atom is 0.0812 e. The van der Waals surface area contributed by atoms with Crippen molar-refractivity contribution in [1.29, 1.82) is 0 Å². The van der Waals surface area contributed by atoms with Gasteiger partial charge in [0.05, 0.1) is 27.7 Å². The van der Waals surface area contributed by atoms with E-state index in [2.05, 4.69) is 28.1 Å².